The first-order valence-electron chi connectivity index (χ1n) is 3.10. The molecule has 1 fully saturated rings. The second kappa shape index (κ2) is 3.02. The molecule has 66 valence electrons. The number of ether oxygens (including phenoxy) is 1. The van der Waals surface area contributed by atoms with E-state index in [0.29, 0.717) is 0 Å². The number of aliphatic hydroxyl groups excluding tert-OH is 5. The smallest absolute Gasteiger partial charge is 0.186 e. The summed E-state index contributed by atoms with van der Waals surface area (Å²) in [6.45, 7) is 0. The molecule has 1 aliphatic rings. The van der Waals surface area contributed by atoms with Crippen molar-refractivity contribution in [2.24, 2.45) is 0 Å². The zero-order valence-corrected chi connectivity index (χ0v) is 5.53. The van der Waals surface area contributed by atoms with Gasteiger partial charge < -0.3 is 30.3 Å². The fraction of sp³-hybridized carbons (Fsp3) is 1.00. The summed E-state index contributed by atoms with van der Waals surface area (Å²) in [5.74, 6) is 0. The van der Waals surface area contributed by atoms with Crippen LogP contribution in [-0.2, 0) is 4.74 Å². The first kappa shape index (κ1) is 8.85. The predicted octanol–water partition coefficient (Wildman–Crippen LogP) is -3.26. The van der Waals surface area contributed by atoms with E-state index >= 15 is 0 Å². The molecule has 0 spiro atoms. The third-order valence-corrected chi connectivity index (χ3v) is 1.56. The molecule has 0 radical (unpaired) electrons. The first-order valence-corrected chi connectivity index (χ1v) is 3.10. The minimum atomic E-state index is -1.66. The van der Waals surface area contributed by atoms with Crippen molar-refractivity contribution in [3.63, 3.8) is 0 Å². The van der Waals surface area contributed by atoms with Gasteiger partial charge in [0.25, 0.3) is 0 Å². The third-order valence-electron chi connectivity index (χ3n) is 1.56. The van der Waals surface area contributed by atoms with E-state index in [1.807, 2.05) is 0 Å². The molecule has 5 N–H and O–H groups in total. The maximum absolute atomic E-state index is 8.89. The monoisotopic (exact) mass is 166 g/mol. The average molecular weight is 166 g/mol. The molecule has 1 rings (SSSR count). The standard InChI is InChI=1S/C5H10O6/c6-1-2(7)4(9)11-5(10)3(1)8/h1-10H/t1?,2-,3-,4+,5?/m1/s1. The van der Waals surface area contributed by atoms with Crippen molar-refractivity contribution in [1.82, 2.24) is 0 Å². The second-order valence-electron chi connectivity index (χ2n) is 2.39. The van der Waals surface area contributed by atoms with Gasteiger partial charge in [-0.1, -0.05) is 0 Å². The lowest BCUT2D eigenvalue weighted by Crippen LogP contribution is -2.57. The molecule has 0 amide bonds. The lowest BCUT2D eigenvalue weighted by atomic mass is 10.0. The van der Waals surface area contributed by atoms with E-state index in [2.05, 4.69) is 4.74 Å². The van der Waals surface area contributed by atoms with E-state index in [4.69, 9.17) is 25.5 Å². The molecule has 1 saturated heterocycles. The highest BCUT2D eigenvalue weighted by Crippen LogP contribution is 2.17. The van der Waals surface area contributed by atoms with E-state index in [0.717, 1.165) is 0 Å². The molecular weight excluding hydrogens is 156 g/mol. The average Bonchev–Trinajstić information content (AvgIpc) is 1.97. The van der Waals surface area contributed by atoms with Crippen molar-refractivity contribution < 1.29 is 30.3 Å². The SMILES string of the molecule is OC1O[C@H](O)[C@H](O)C(O)[C@H]1O. The zero-order chi connectivity index (χ0) is 8.59. The van der Waals surface area contributed by atoms with Crippen LogP contribution >= 0.6 is 0 Å². The highest BCUT2D eigenvalue weighted by Gasteiger charge is 2.42. The second-order valence-corrected chi connectivity index (χ2v) is 2.39. The largest absolute Gasteiger partial charge is 0.387 e. The number of hydrogen-bond acceptors (Lipinski definition) is 6. The van der Waals surface area contributed by atoms with Gasteiger partial charge >= 0.3 is 0 Å². The molecular formula is C5H10O6. The van der Waals surface area contributed by atoms with Gasteiger partial charge in [-0.2, -0.15) is 0 Å². The van der Waals surface area contributed by atoms with Gasteiger partial charge in [-0.05, 0) is 0 Å². The van der Waals surface area contributed by atoms with Gasteiger partial charge in [-0.15, -0.1) is 0 Å². The van der Waals surface area contributed by atoms with Gasteiger partial charge in [0, 0.05) is 0 Å². The highest BCUT2D eigenvalue weighted by molar-refractivity contribution is 4.83. The third kappa shape index (κ3) is 1.51. The maximum Gasteiger partial charge on any atom is 0.186 e. The Labute approximate surface area is 62.3 Å². The van der Waals surface area contributed by atoms with Crippen LogP contribution in [0, 0.1) is 0 Å². The van der Waals surface area contributed by atoms with Gasteiger partial charge in [-0.25, -0.2) is 0 Å². The Morgan fingerprint density at radius 2 is 1.00 bits per heavy atom. The quantitative estimate of drug-likeness (QED) is 0.258. The summed E-state index contributed by atoms with van der Waals surface area (Å²) in [5, 5.41) is 44.0. The normalized spacial score (nSPS) is 52.6. The van der Waals surface area contributed by atoms with Crippen molar-refractivity contribution in [3.8, 4) is 0 Å². The Balaban J connectivity index is 2.63. The fourth-order valence-corrected chi connectivity index (χ4v) is 0.843. The van der Waals surface area contributed by atoms with Crippen LogP contribution in [0.3, 0.4) is 0 Å². The van der Waals surface area contributed by atoms with Gasteiger partial charge in [-0.3, -0.25) is 0 Å². The molecule has 0 aromatic rings. The molecule has 0 aromatic heterocycles. The first-order chi connectivity index (χ1) is 5.04. The van der Waals surface area contributed by atoms with Crippen LogP contribution in [0.1, 0.15) is 0 Å². The van der Waals surface area contributed by atoms with E-state index in [9.17, 15) is 0 Å². The molecule has 0 aliphatic carbocycles. The summed E-state index contributed by atoms with van der Waals surface area (Å²) in [4.78, 5) is 0. The number of aliphatic hydroxyl groups is 5. The molecule has 0 aromatic carbocycles. The van der Waals surface area contributed by atoms with Gasteiger partial charge in [0.1, 0.15) is 18.3 Å². The van der Waals surface area contributed by atoms with Crippen LogP contribution in [0.15, 0.2) is 0 Å². The summed E-state index contributed by atoms with van der Waals surface area (Å²) in [6, 6.07) is 0. The lowest BCUT2D eigenvalue weighted by Gasteiger charge is -2.35. The Morgan fingerprint density at radius 3 is 1.36 bits per heavy atom. The molecule has 2 unspecified atom stereocenters. The van der Waals surface area contributed by atoms with Crippen molar-refractivity contribution >= 4 is 0 Å². The van der Waals surface area contributed by atoms with Crippen molar-refractivity contribution in [1.29, 1.82) is 0 Å². The van der Waals surface area contributed by atoms with Gasteiger partial charge in [0.05, 0.1) is 0 Å². The highest BCUT2D eigenvalue weighted by atomic mass is 16.7. The molecule has 11 heavy (non-hydrogen) atoms. The summed E-state index contributed by atoms with van der Waals surface area (Å²) in [6.07, 6.45) is -8.10. The topological polar surface area (TPSA) is 110 Å². The van der Waals surface area contributed by atoms with E-state index in [1.54, 1.807) is 0 Å². The maximum atomic E-state index is 8.89. The molecule has 5 atom stereocenters. The Bertz CT molecular complexity index is 125. The van der Waals surface area contributed by atoms with Crippen LogP contribution in [0.25, 0.3) is 0 Å². The minimum absolute atomic E-state index is 1.59. The molecule has 1 aliphatic heterocycles. The van der Waals surface area contributed by atoms with Crippen LogP contribution < -0.4 is 0 Å². The van der Waals surface area contributed by atoms with E-state index < -0.39 is 30.9 Å². The lowest BCUT2D eigenvalue weighted by molar-refractivity contribution is -0.328. The van der Waals surface area contributed by atoms with Crippen LogP contribution in [0.2, 0.25) is 0 Å². The molecule has 0 bridgehead atoms. The summed E-state index contributed by atoms with van der Waals surface area (Å²) >= 11 is 0. The van der Waals surface area contributed by atoms with Crippen LogP contribution in [-0.4, -0.2) is 56.4 Å². The van der Waals surface area contributed by atoms with E-state index in [-0.39, 0.29) is 0 Å². The minimum Gasteiger partial charge on any atom is -0.387 e. The zero-order valence-electron chi connectivity index (χ0n) is 5.53. The summed E-state index contributed by atoms with van der Waals surface area (Å²) < 4.78 is 4.23. The predicted molar refractivity (Wildman–Crippen MR) is 31.1 cm³/mol. The van der Waals surface area contributed by atoms with Crippen LogP contribution in [0.5, 0.6) is 0 Å². The fourth-order valence-electron chi connectivity index (χ4n) is 0.843. The molecule has 6 nitrogen and oxygen atoms in total. The van der Waals surface area contributed by atoms with Crippen LogP contribution in [0.4, 0.5) is 0 Å². The Morgan fingerprint density at radius 1 is 0.636 bits per heavy atom. The summed E-state index contributed by atoms with van der Waals surface area (Å²) in [7, 11) is 0. The Kier molecular flexibility index (Phi) is 2.43. The molecule has 1 heterocycles. The van der Waals surface area contributed by atoms with Crippen molar-refractivity contribution in [2.75, 3.05) is 0 Å². The van der Waals surface area contributed by atoms with Gasteiger partial charge in [0.15, 0.2) is 12.6 Å². The van der Waals surface area contributed by atoms with Gasteiger partial charge in [0.2, 0.25) is 0 Å². The van der Waals surface area contributed by atoms with E-state index in [1.165, 1.54) is 0 Å². The molecule has 0 saturated carbocycles. The number of hydrogen-bond donors (Lipinski definition) is 5. The van der Waals surface area contributed by atoms with Crippen molar-refractivity contribution in [3.05, 3.63) is 0 Å². The van der Waals surface area contributed by atoms with Crippen molar-refractivity contribution in [2.45, 2.75) is 30.9 Å². The Hall–Kier alpha value is -0.240. The number of rotatable bonds is 0. The molecule has 6 heteroatoms. The summed E-state index contributed by atoms with van der Waals surface area (Å²) in [5.41, 5.74) is 0.